The number of carbonyl (C=O) groups is 2. The van der Waals surface area contributed by atoms with E-state index in [1.54, 1.807) is 23.9 Å². The van der Waals surface area contributed by atoms with Crippen LogP contribution in [0.4, 0.5) is 5.69 Å². The van der Waals surface area contributed by atoms with Crippen molar-refractivity contribution in [1.29, 1.82) is 0 Å². The Morgan fingerprint density at radius 1 is 1.24 bits per heavy atom. The van der Waals surface area contributed by atoms with Gasteiger partial charge in [0.2, 0.25) is 0 Å². The number of fused-ring (bicyclic) bond motifs is 1. The molecule has 128 valence electrons. The third-order valence-corrected chi connectivity index (χ3v) is 6.12. The Bertz CT molecular complexity index is 845. The first kappa shape index (κ1) is 17.8. The van der Waals surface area contributed by atoms with Gasteiger partial charge in [0.15, 0.2) is 0 Å². The van der Waals surface area contributed by atoms with Crippen LogP contribution >= 0.6 is 35.7 Å². The lowest BCUT2D eigenvalue weighted by atomic mass is 10.3. The summed E-state index contributed by atoms with van der Waals surface area (Å²) in [6, 6.07) is 8.17. The van der Waals surface area contributed by atoms with Crippen molar-refractivity contribution < 1.29 is 14.7 Å². The van der Waals surface area contributed by atoms with Crippen molar-refractivity contribution >= 4 is 57.6 Å². The molecule has 0 aliphatic carbocycles. The van der Waals surface area contributed by atoms with Crippen molar-refractivity contribution in [2.75, 3.05) is 18.5 Å². The van der Waals surface area contributed by atoms with E-state index in [0.29, 0.717) is 4.91 Å². The molecule has 0 aromatic heterocycles. The molecule has 0 bridgehead atoms. The van der Waals surface area contributed by atoms with Crippen molar-refractivity contribution in [2.24, 2.45) is 0 Å². The second-order valence-electron chi connectivity index (χ2n) is 5.20. The predicted molar refractivity (Wildman–Crippen MR) is 106 cm³/mol. The van der Waals surface area contributed by atoms with E-state index in [0.717, 1.165) is 21.7 Å². The molecule has 2 heterocycles. The molecule has 25 heavy (non-hydrogen) atoms. The molecule has 8 heteroatoms. The first-order chi connectivity index (χ1) is 12.0. The van der Waals surface area contributed by atoms with Crippen LogP contribution < -0.4 is 4.90 Å². The Morgan fingerprint density at radius 2 is 1.96 bits per heavy atom. The van der Waals surface area contributed by atoms with Gasteiger partial charge < -0.3 is 10.0 Å². The number of thiocarbonyl (C=S) groups is 1. The SMILES string of the molecule is CN1/C(=C/C=C/C=C2/SC(=S)N(CC(=O)O)C2=O)Sc2ccccc21. The third-order valence-electron chi connectivity index (χ3n) is 3.54. The maximum absolute atomic E-state index is 12.1. The van der Waals surface area contributed by atoms with Gasteiger partial charge in [0.1, 0.15) is 10.9 Å². The van der Waals surface area contributed by atoms with E-state index >= 15 is 0 Å². The number of allylic oxidation sites excluding steroid dienone is 4. The normalized spacial score (nSPS) is 20.4. The summed E-state index contributed by atoms with van der Waals surface area (Å²) >= 11 is 7.85. The smallest absolute Gasteiger partial charge is 0.323 e. The quantitative estimate of drug-likeness (QED) is 0.624. The molecule has 1 aromatic rings. The van der Waals surface area contributed by atoms with E-state index in [-0.39, 0.29) is 10.2 Å². The first-order valence-electron chi connectivity index (χ1n) is 7.32. The molecule has 0 unspecified atom stereocenters. The fourth-order valence-electron chi connectivity index (χ4n) is 2.33. The van der Waals surface area contributed by atoms with E-state index in [2.05, 4.69) is 17.0 Å². The maximum Gasteiger partial charge on any atom is 0.323 e. The summed E-state index contributed by atoms with van der Waals surface area (Å²) in [7, 11) is 2.01. The van der Waals surface area contributed by atoms with Crippen LogP contribution in [0.5, 0.6) is 0 Å². The van der Waals surface area contributed by atoms with E-state index < -0.39 is 12.5 Å². The molecular weight excluding hydrogens is 376 g/mol. The highest BCUT2D eigenvalue weighted by Crippen LogP contribution is 2.44. The zero-order valence-corrected chi connectivity index (χ0v) is 15.7. The monoisotopic (exact) mass is 390 g/mol. The molecule has 0 radical (unpaired) electrons. The largest absolute Gasteiger partial charge is 0.480 e. The van der Waals surface area contributed by atoms with E-state index in [1.165, 1.54) is 10.6 Å². The Morgan fingerprint density at radius 3 is 2.68 bits per heavy atom. The highest BCUT2D eigenvalue weighted by Gasteiger charge is 2.32. The number of nitrogens with zero attached hydrogens (tertiary/aromatic N) is 2. The van der Waals surface area contributed by atoms with Crippen molar-refractivity contribution in [3.8, 4) is 0 Å². The molecule has 2 aliphatic heterocycles. The molecule has 1 fully saturated rings. The standard InChI is InChI=1S/C17H14N2O3S3/c1-18-11-6-2-3-7-12(11)24-14(18)9-5-4-8-13-16(22)19(10-15(20)21)17(23)25-13/h2-9H,10H2,1H3,(H,20,21)/b5-4+,13-8+,14-9-. The molecule has 1 saturated heterocycles. The molecule has 2 aliphatic rings. The Labute approximate surface area is 159 Å². The van der Waals surface area contributed by atoms with Crippen molar-refractivity contribution in [3.63, 3.8) is 0 Å². The Kier molecular flexibility index (Phi) is 5.31. The number of carboxylic acids is 1. The average molecular weight is 391 g/mol. The van der Waals surface area contributed by atoms with Gasteiger partial charge in [-0.3, -0.25) is 14.5 Å². The zero-order valence-electron chi connectivity index (χ0n) is 13.2. The number of para-hydroxylation sites is 1. The van der Waals surface area contributed by atoms with Crippen molar-refractivity contribution in [3.05, 3.63) is 58.5 Å². The summed E-state index contributed by atoms with van der Waals surface area (Å²) in [5.74, 6) is -1.45. The molecule has 1 amide bonds. The van der Waals surface area contributed by atoms with Gasteiger partial charge in [-0.05, 0) is 24.3 Å². The molecule has 5 nitrogen and oxygen atoms in total. The topological polar surface area (TPSA) is 60.9 Å². The van der Waals surface area contributed by atoms with Gasteiger partial charge >= 0.3 is 5.97 Å². The number of benzene rings is 1. The molecule has 0 saturated carbocycles. The lowest BCUT2D eigenvalue weighted by Gasteiger charge is -2.12. The lowest BCUT2D eigenvalue weighted by molar-refractivity contribution is -0.140. The molecule has 0 spiro atoms. The second-order valence-corrected chi connectivity index (χ2v) is 7.94. The zero-order chi connectivity index (χ0) is 18.0. The van der Waals surface area contributed by atoms with E-state index in [9.17, 15) is 9.59 Å². The van der Waals surface area contributed by atoms with Crippen molar-refractivity contribution in [2.45, 2.75) is 4.90 Å². The molecule has 1 N–H and O–H groups in total. The highest BCUT2D eigenvalue weighted by atomic mass is 32.2. The maximum atomic E-state index is 12.1. The highest BCUT2D eigenvalue weighted by molar-refractivity contribution is 8.26. The fraction of sp³-hybridized carbons (Fsp3) is 0.118. The number of carbonyl (C=O) groups excluding carboxylic acids is 1. The molecule has 3 rings (SSSR count). The third kappa shape index (κ3) is 3.81. The van der Waals surface area contributed by atoms with E-state index in [1.807, 2.05) is 31.3 Å². The number of amides is 1. The van der Waals surface area contributed by atoms with Gasteiger partial charge in [-0.15, -0.1) is 0 Å². The number of aliphatic carboxylic acids is 1. The predicted octanol–water partition coefficient (Wildman–Crippen LogP) is 3.45. The average Bonchev–Trinajstić information content (AvgIpc) is 3.03. The van der Waals surface area contributed by atoms with Crippen LogP contribution in [-0.2, 0) is 9.59 Å². The number of thioether (sulfide) groups is 2. The van der Waals surface area contributed by atoms with Crippen molar-refractivity contribution in [1.82, 2.24) is 4.90 Å². The molecule has 0 atom stereocenters. The second kappa shape index (κ2) is 7.47. The summed E-state index contributed by atoms with van der Waals surface area (Å²) in [6.07, 6.45) is 7.25. The van der Waals surface area contributed by atoms with Crippen LogP contribution in [0.2, 0.25) is 0 Å². The summed E-state index contributed by atoms with van der Waals surface area (Å²) in [5, 5.41) is 9.91. The van der Waals surface area contributed by atoms with Crippen LogP contribution in [0.15, 0.2) is 63.4 Å². The number of rotatable bonds is 4. The number of carboxylic acid groups (broad SMARTS) is 1. The van der Waals surface area contributed by atoms with Crippen LogP contribution in [0.3, 0.4) is 0 Å². The van der Waals surface area contributed by atoms with Crippen LogP contribution in [0.1, 0.15) is 0 Å². The lowest BCUT2D eigenvalue weighted by Crippen LogP contribution is -2.33. The summed E-state index contributed by atoms with van der Waals surface area (Å²) in [5.41, 5.74) is 1.17. The van der Waals surface area contributed by atoms with Crippen LogP contribution in [0.25, 0.3) is 0 Å². The Balaban J connectivity index is 1.68. The van der Waals surface area contributed by atoms with Gasteiger partial charge in [0.05, 0.1) is 15.6 Å². The van der Waals surface area contributed by atoms with Gasteiger partial charge in [-0.1, -0.05) is 60.0 Å². The molecular formula is C17H14N2O3S3. The Hall–Kier alpha value is -2.03. The van der Waals surface area contributed by atoms with Gasteiger partial charge in [0.25, 0.3) is 5.91 Å². The van der Waals surface area contributed by atoms with E-state index in [4.69, 9.17) is 17.3 Å². The van der Waals surface area contributed by atoms with Crippen LogP contribution in [0, 0.1) is 0 Å². The minimum Gasteiger partial charge on any atom is -0.480 e. The summed E-state index contributed by atoms with van der Waals surface area (Å²) in [4.78, 5) is 27.7. The van der Waals surface area contributed by atoms with Crippen LogP contribution in [-0.4, -0.2) is 39.8 Å². The number of hydrogen-bond acceptors (Lipinski definition) is 6. The minimum absolute atomic E-state index is 0.270. The van der Waals surface area contributed by atoms with Gasteiger partial charge in [-0.25, -0.2) is 0 Å². The molecule has 1 aromatic carbocycles. The first-order valence-corrected chi connectivity index (χ1v) is 9.36. The number of anilines is 1. The summed E-state index contributed by atoms with van der Waals surface area (Å²) < 4.78 is 0.270. The summed E-state index contributed by atoms with van der Waals surface area (Å²) in [6.45, 7) is -0.407. The number of hydrogen-bond donors (Lipinski definition) is 1. The fourth-order valence-corrected chi connectivity index (χ4v) is 4.60. The van der Waals surface area contributed by atoms with Gasteiger partial charge in [-0.2, -0.15) is 0 Å². The minimum atomic E-state index is -1.08. The van der Waals surface area contributed by atoms with Gasteiger partial charge in [0, 0.05) is 11.9 Å².